The van der Waals surface area contributed by atoms with E-state index < -0.39 is 0 Å². The van der Waals surface area contributed by atoms with E-state index in [1.54, 1.807) is 4.88 Å². The monoisotopic (exact) mass is 154 g/mol. The number of hydrogen-bond acceptors (Lipinski definition) is 1. The van der Waals surface area contributed by atoms with Gasteiger partial charge in [0.2, 0.25) is 0 Å². The number of rotatable bonds is 2. The van der Waals surface area contributed by atoms with Gasteiger partial charge in [-0.25, -0.2) is 0 Å². The molecule has 0 fully saturated rings. The van der Waals surface area contributed by atoms with Crippen molar-refractivity contribution in [2.24, 2.45) is 0 Å². The van der Waals surface area contributed by atoms with Gasteiger partial charge in [-0.15, -0.1) is 11.3 Å². The first-order chi connectivity index (χ1) is 4.77. The predicted molar refractivity (Wildman–Crippen MR) is 47.8 cm³/mol. The van der Waals surface area contributed by atoms with Gasteiger partial charge in [-0.1, -0.05) is 13.8 Å². The van der Waals surface area contributed by atoms with Crippen LogP contribution in [0.25, 0.3) is 0 Å². The first kappa shape index (κ1) is 7.80. The van der Waals surface area contributed by atoms with Gasteiger partial charge in [0.25, 0.3) is 0 Å². The lowest BCUT2D eigenvalue weighted by Crippen LogP contribution is -1.72. The van der Waals surface area contributed by atoms with Crippen molar-refractivity contribution in [3.05, 3.63) is 21.4 Å². The van der Waals surface area contributed by atoms with E-state index in [1.165, 1.54) is 23.3 Å². The standard InChI is InChI=1S/C9H14S/c1-4-8-6-7(3)9(5-2)10-8/h6H,4-5H2,1-3H3. The molecule has 0 aliphatic rings. The highest BCUT2D eigenvalue weighted by Gasteiger charge is 2.00. The van der Waals surface area contributed by atoms with E-state index in [2.05, 4.69) is 26.8 Å². The summed E-state index contributed by atoms with van der Waals surface area (Å²) in [6, 6.07) is 2.31. The molecule has 0 aliphatic heterocycles. The Kier molecular flexibility index (Phi) is 2.50. The molecule has 0 aliphatic carbocycles. The van der Waals surface area contributed by atoms with Crippen LogP contribution in [0.4, 0.5) is 0 Å². The minimum Gasteiger partial charge on any atom is -0.145 e. The van der Waals surface area contributed by atoms with E-state index in [-0.39, 0.29) is 0 Å². The Balaban J connectivity index is 2.92. The Morgan fingerprint density at radius 2 is 2.00 bits per heavy atom. The predicted octanol–water partition coefficient (Wildman–Crippen LogP) is 3.18. The summed E-state index contributed by atoms with van der Waals surface area (Å²) in [6.07, 6.45) is 2.38. The summed E-state index contributed by atoms with van der Waals surface area (Å²) in [6.45, 7) is 6.64. The molecule has 10 heavy (non-hydrogen) atoms. The second kappa shape index (κ2) is 3.20. The molecule has 0 amide bonds. The number of thiophene rings is 1. The zero-order valence-electron chi connectivity index (χ0n) is 6.90. The van der Waals surface area contributed by atoms with Gasteiger partial charge >= 0.3 is 0 Å². The van der Waals surface area contributed by atoms with Crippen LogP contribution in [-0.2, 0) is 12.8 Å². The Labute approximate surface area is 66.9 Å². The largest absolute Gasteiger partial charge is 0.145 e. The highest BCUT2D eigenvalue weighted by atomic mass is 32.1. The third-order valence-corrected chi connectivity index (χ3v) is 3.27. The Hall–Kier alpha value is -0.300. The van der Waals surface area contributed by atoms with Crippen molar-refractivity contribution in [3.63, 3.8) is 0 Å². The maximum atomic E-state index is 2.31. The van der Waals surface area contributed by atoms with Gasteiger partial charge in [-0.3, -0.25) is 0 Å². The van der Waals surface area contributed by atoms with Crippen LogP contribution in [0, 0.1) is 6.92 Å². The molecule has 0 N–H and O–H groups in total. The molecule has 0 atom stereocenters. The lowest BCUT2D eigenvalue weighted by Gasteiger charge is -1.88. The lowest BCUT2D eigenvalue weighted by molar-refractivity contribution is 1.15. The van der Waals surface area contributed by atoms with Crippen molar-refractivity contribution in [1.29, 1.82) is 0 Å². The molecule has 0 nitrogen and oxygen atoms in total. The van der Waals surface area contributed by atoms with Crippen LogP contribution >= 0.6 is 11.3 Å². The molecule has 1 rings (SSSR count). The van der Waals surface area contributed by atoms with Crippen molar-refractivity contribution >= 4 is 11.3 Å². The zero-order valence-corrected chi connectivity index (χ0v) is 7.72. The van der Waals surface area contributed by atoms with Crippen LogP contribution in [-0.4, -0.2) is 0 Å². The van der Waals surface area contributed by atoms with E-state index in [0.29, 0.717) is 0 Å². The molecule has 0 spiro atoms. The van der Waals surface area contributed by atoms with Crippen molar-refractivity contribution in [1.82, 2.24) is 0 Å². The van der Waals surface area contributed by atoms with E-state index >= 15 is 0 Å². The number of aryl methyl sites for hydroxylation is 3. The molecule has 0 bridgehead atoms. The minimum atomic E-state index is 1.19. The second-order valence-corrected chi connectivity index (χ2v) is 3.75. The fourth-order valence-corrected chi connectivity index (χ4v) is 2.18. The smallest absolute Gasteiger partial charge is 0.00746 e. The van der Waals surface area contributed by atoms with Crippen LogP contribution in [0.2, 0.25) is 0 Å². The fourth-order valence-electron chi connectivity index (χ4n) is 1.12. The van der Waals surface area contributed by atoms with Gasteiger partial charge < -0.3 is 0 Å². The van der Waals surface area contributed by atoms with Gasteiger partial charge in [-0.2, -0.15) is 0 Å². The molecule has 56 valence electrons. The molecule has 0 radical (unpaired) electrons. The summed E-state index contributed by atoms with van der Waals surface area (Å²) in [4.78, 5) is 3.08. The molecular formula is C9H14S. The third-order valence-electron chi connectivity index (χ3n) is 1.74. The summed E-state index contributed by atoms with van der Waals surface area (Å²) < 4.78 is 0. The molecule has 1 aromatic rings. The molecule has 1 heteroatoms. The maximum absolute atomic E-state index is 2.31. The minimum absolute atomic E-state index is 1.19. The van der Waals surface area contributed by atoms with Crippen LogP contribution in [0.5, 0.6) is 0 Å². The molecule has 0 aromatic carbocycles. The molecule has 0 unspecified atom stereocenters. The summed E-state index contributed by atoms with van der Waals surface area (Å²) in [5, 5.41) is 0. The Morgan fingerprint density at radius 3 is 2.30 bits per heavy atom. The van der Waals surface area contributed by atoms with Gasteiger partial charge in [-0.05, 0) is 31.4 Å². The Bertz CT molecular complexity index is 211. The summed E-state index contributed by atoms with van der Waals surface area (Å²) in [5.41, 5.74) is 1.48. The molecule has 1 heterocycles. The summed E-state index contributed by atoms with van der Waals surface area (Å²) in [5.74, 6) is 0. The second-order valence-electron chi connectivity index (χ2n) is 2.53. The van der Waals surface area contributed by atoms with Gasteiger partial charge in [0.05, 0.1) is 0 Å². The molecular weight excluding hydrogens is 140 g/mol. The van der Waals surface area contributed by atoms with Crippen LogP contribution in [0.1, 0.15) is 29.2 Å². The van der Waals surface area contributed by atoms with Gasteiger partial charge in [0, 0.05) is 9.75 Å². The maximum Gasteiger partial charge on any atom is 0.00746 e. The highest BCUT2D eigenvalue weighted by Crippen LogP contribution is 2.22. The fraction of sp³-hybridized carbons (Fsp3) is 0.556. The lowest BCUT2D eigenvalue weighted by atomic mass is 10.2. The molecule has 0 saturated carbocycles. The van der Waals surface area contributed by atoms with E-state index in [1.807, 2.05) is 11.3 Å². The van der Waals surface area contributed by atoms with Gasteiger partial charge in [0.15, 0.2) is 0 Å². The molecule has 0 saturated heterocycles. The third kappa shape index (κ3) is 1.40. The van der Waals surface area contributed by atoms with Crippen LogP contribution in [0.3, 0.4) is 0 Å². The van der Waals surface area contributed by atoms with E-state index in [0.717, 1.165) is 0 Å². The van der Waals surface area contributed by atoms with Crippen molar-refractivity contribution in [2.45, 2.75) is 33.6 Å². The van der Waals surface area contributed by atoms with E-state index in [4.69, 9.17) is 0 Å². The Morgan fingerprint density at radius 1 is 1.30 bits per heavy atom. The first-order valence-electron chi connectivity index (χ1n) is 3.86. The quantitative estimate of drug-likeness (QED) is 0.613. The van der Waals surface area contributed by atoms with Gasteiger partial charge in [0.1, 0.15) is 0 Å². The van der Waals surface area contributed by atoms with Crippen molar-refractivity contribution in [3.8, 4) is 0 Å². The summed E-state index contributed by atoms with van der Waals surface area (Å²) >= 11 is 1.96. The van der Waals surface area contributed by atoms with Crippen LogP contribution < -0.4 is 0 Å². The normalized spacial score (nSPS) is 10.3. The van der Waals surface area contributed by atoms with Crippen LogP contribution in [0.15, 0.2) is 6.07 Å². The zero-order chi connectivity index (χ0) is 7.56. The highest BCUT2D eigenvalue weighted by molar-refractivity contribution is 7.12. The summed E-state index contributed by atoms with van der Waals surface area (Å²) in [7, 11) is 0. The number of hydrogen-bond donors (Lipinski definition) is 0. The average molecular weight is 154 g/mol. The molecule has 1 aromatic heterocycles. The SMILES string of the molecule is CCc1cc(C)c(CC)s1. The van der Waals surface area contributed by atoms with Crippen molar-refractivity contribution < 1.29 is 0 Å². The van der Waals surface area contributed by atoms with Crippen molar-refractivity contribution in [2.75, 3.05) is 0 Å². The van der Waals surface area contributed by atoms with E-state index in [9.17, 15) is 0 Å². The average Bonchev–Trinajstić information content (AvgIpc) is 2.30. The topological polar surface area (TPSA) is 0 Å². The first-order valence-corrected chi connectivity index (χ1v) is 4.67.